The number of alkyl halides is 3. The zero-order chi connectivity index (χ0) is 26.3. The summed E-state index contributed by atoms with van der Waals surface area (Å²) in [7, 11) is 1.82. The molecule has 194 valence electrons. The highest BCUT2D eigenvalue weighted by Gasteiger charge is 2.37. The maximum Gasteiger partial charge on any atom is 0.451 e. The summed E-state index contributed by atoms with van der Waals surface area (Å²) in [5.41, 5.74) is 0.842. The van der Waals surface area contributed by atoms with Gasteiger partial charge in [-0.05, 0) is 25.5 Å². The number of carbonyl (C=O) groups excluding carboxylic acids is 2. The van der Waals surface area contributed by atoms with Gasteiger partial charge in [0.15, 0.2) is 11.5 Å². The molecule has 5 heterocycles. The number of anilines is 2. The molecule has 1 N–H and O–H groups in total. The Kier molecular flexibility index (Phi) is 6.27. The van der Waals surface area contributed by atoms with Crippen molar-refractivity contribution in [1.29, 1.82) is 0 Å². The van der Waals surface area contributed by atoms with Crippen molar-refractivity contribution in [2.45, 2.75) is 31.7 Å². The summed E-state index contributed by atoms with van der Waals surface area (Å²) >= 11 is 0. The van der Waals surface area contributed by atoms with Gasteiger partial charge in [0.25, 0.3) is 5.91 Å². The van der Waals surface area contributed by atoms with Gasteiger partial charge < -0.3 is 24.4 Å². The molecule has 11 nitrogen and oxygen atoms in total. The third-order valence-electron chi connectivity index (χ3n) is 6.22. The number of rotatable bonds is 6. The number of nitrogens with zero attached hydrogens (tertiary/aromatic N) is 7. The second kappa shape index (κ2) is 9.42. The monoisotopic (exact) mass is 516 g/mol. The van der Waals surface area contributed by atoms with E-state index in [-0.39, 0.29) is 29.1 Å². The van der Waals surface area contributed by atoms with Crippen molar-refractivity contribution in [2.75, 3.05) is 37.1 Å². The van der Waals surface area contributed by atoms with Gasteiger partial charge in [-0.15, -0.1) is 0 Å². The van der Waals surface area contributed by atoms with Gasteiger partial charge in [0.05, 0.1) is 24.8 Å². The van der Waals surface area contributed by atoms with E-state index < -0.39 is 23.9 Å². The fourth-order valence-corrected chi connectivity index (χ4v) is 4.11. The lowest BCUT2D eigenvalue weighted by Crippen LogP contribution is -2.51. The number of hydrogen-bond acceptors (Lipinski definition) is 8. The number of ether oxygens (including phenoxy) is 1. The van der Waals surface area contributed by atoms with E-state index in [0.717, 1.165) is 18.8 Å². The standard InChI is InChI=1S/C23H23F3N8O3/c1-13(34-11-29-19-18(34)21(36)33(12-32(19)2)10-15-6-7-37-15)20(35)31-17-5-3-4-16(30-17)14-8-27-22(28-9-14)23(24,25)26/h3-5,8-9,11,13,15H,6-7,10,12H2,1-2H3,(H,30,31,35)/t13-,15?/m0/s1. The van der Waals surface area contributed by atoms with E-state index in [4.69, 9.17) is 4.74 Å². The summed E-state index contributed by atoms with van der Waals surface area (Å²) in [5, 5.41) is 2.69. The van der Waals surface area contributed by atoms with Crippen LogP contribution in [0.4, 0.5) is 24.8 Å². The number of halogens is 3. The normalized spacial score (nSPS) is 18.3. The number of carbonyl (C=O) groups is 2. The second-order valence-corrected chi connectivity index (χ2v) is 8.84. The van der Waals surface area contributed by atoms with Crippen LogP contribution in [0.1, 0.15) is 35.7 Å². The molecular formula is C23H23F3N8O3. The third kappa shape index (κ3) is 4.83. The predicted molar refractivity (Wildman–Crippen MR) is 124 cm³/mol. The minimum absolute atomic E-state index is 0.00408. The van der Waals surface area contributed by atoms with E-state index in [0.29, 0.717) is 31.3 Å². The Labute approximate surface area is 209 Å². The van der Waals surface area contributed by atoms with E-state index in [1.54, 1.807) is 30.0 Å². The van der Waals surface area contributed by atoms with Gasteiger partial charge in [0, 0.05) is 38.2 Å². The fourth-order valence-electron chi connectivity index (χ4n) is 4.11. The van der Waals surface area contributed by atoms with Gasteiger partial charge >= 0.3 is 6.18 Å². The average molecular weight is 516 g/mol. The first-order valence-corrected chi connectivity index (χ1v) is 11.5. The van der Waals surface area contributed by atoms with E-state index in [1.807, 2.05) is 11.9 Å². The predicted octanol–water partition coefficient (Wildman–Crippen LogP) is 2.59. The lowest BCUT2D eigenvalue weighted by Gasteiger charge is -2.38. The highest BCUT2D eigenvalue weighted by molar-refractivity contribution is 6.00. The summed E-state index contributed by atoms with van der Waals surface area (Å²) in [5.74, 6) is -1.28. The Morgan fingerprint density at radius 1 is 1.24 bits per heavy atom. The minimum atomic E-state index is -4.65. The molecule has 0 bridgehead atoms. The van der Waals surface area contributed by atoms with Gasteiger partial charge in [-0.2, -0.15) is 13.2 Å². The molecule has 2 aliphatic heterocycles. The van der Waals surface area contributed by atoms with Crippen molar-refractivity contribution < 1.29 is 27.5 Å². The highest BCUT2D eigenvalue weighted by Crippen LogP contribution is 2.29. The topological polar surface area (TPSA) is 118 Å². The average Bonchev–Trinajstić information content (AvgIpc) is 3.29. The quantitative estimate of drug-likeness (QED) is 0.531. The maximum absolute atomic E-state index is 13.2. The molecule has 0 radical (unpaired) electrons. The molecule has 2 amide bonds. The van der Waals surface area contributed by atoms with Gasteiger partial charge in [-0.25, -0.2) is 19.9 Å². The van der Waals surface area contributed by atoms with Gasteiger partial charge in [-0.1, -0.05) is 6.07 Å². The number of hydrogen-bond donors (Lipinski definition) is 1. The first-order valence-electron chi connectivity index (χ1n) is 11.5. The molecule has 2 aliphatic rings. The largest absolute Gasteiger partial charge is 0.451 e. The molecule has 14 heteroatoms. The highest BCUT2D eigenvalue weighted by atomic mass is 19.4. The molecule has 0 saturated carbocycles. The van der Waals surface area contributed by atoms with E-state index in [1.165, 1.54) is 10.9 Å². The molecule has 1 unspecified atom stereocenters. The van der Waals surface area contributed by atoms with Gasteiger partial charge in [0.2, 0.25) is 11.7 Å². The second-order valence-electron chi connectivity index (χ2n) is 8.84. The Balaban J connectivity index is 1.32. The minimum Gasteiger partial charge on any atom is -0.376 e. The molecule has 0 aliphatic carbocycles. The number of nitrogens with one attached hydrogen (secondary N) is 1. The molecule has 1 fully saturated rings. The van der Waals surface area contributed by atoms with E-state index >= 15 is 0 Å². The summed E-state index contributed by atoms with van der Waals surface area (Å²) < 4.78 is 45.2. The lowest BCUT2D eigenvalue weighted by molar-refractivity contribution is -0.145. The summed E-state index contributed by atoms with van der Waals surface area (Å²) in [6.07, 6.45) is -0.259. The number of pyridine rings is 1. The smallest absolute Gasteiger partial charge is 0.376 e. The van der Waals surface area contributed by atoms with E-state index in [2.05, 4.69) is 25.3 Å². The number of aromatic nitrogens is 5. The molecule has 5 rings (SSSR count). The molecular weight excluding hydrogens is 493 g/mol. The summed E-state index contributed by atoms with van der Waals surface area (Å²) in [4.78, 5) is 45.2. The molecule has 3 aromatic heterocycles. The van der Waals surface area contributed by atoms with Gasteiger partial charge in [0.1, 0.15) is 11.9 Å². The molecule has 0 spiro atoms. The van der Waals surface area contributed by atoms with Crippen LogP contribution >= 0.6 is 0 Å². The first kappa shape index (κ1) is 24.6. The van der Waals surface area contributed by atoms with Crippen LogP contribution in [-0.2, 0) is 15.7 Å². The Bertz CT molecular complexity index is 1320. The number of amides is 2. The Morgan fingerprint density at radius 2 is 1.97 bits per heavy atom. The van der Waals surface area contributed by atoms with Crippen LogP contribution in [-0.4, -0.2) is 74.2 Å². The first-order chi connectivity index (χ1) is 17.6. The van der Waals surface area contributed by atoms with Crippen molar-refractivity contribution in [1.82, 2.24) is 29.4 Å². The molecule has 3 aromatic rings. The zero-order valence-electron chi connectivity index (χ0n) is 19.9. The van der Waals surface area contributed by atoms with Crippen molar-refractivity contribution in [3.05, 3.63) is 48.4 Å². The van der Waals surface area contributed by atoms with Crippen molar-refractivity contribution in [3.63, 3.8) is 0 Å². The molecule has 37 heavy (non-hydrogen) atoms. The van der Waals surface area contributed by atoms with Crippen LogP contribution in [0.3, 0.4) is 0 Å². The van der Waals surface area contributed by atoms with Crippen LogP contribution < -0.4 is 10.2 Å². The SMILES string of the molecule is C[C@@H](C(=O)Nc1cccc(-c2cnc(C(F)(F)F)nc2)n1)n1cnc2c1C(=O)N(CC1CCO1)CN2C. The molecule has 0 aromatic carbocycles. The van der Waals surface area contributed by atoms with Crippen molar-refractivity contribution in [2.24, 2.45) is 0 Å². The fraction of sp³-hybridized carbons (Fsp3) is 0.391. The molecule has 2 atom stereocenters. The summed E-state index contributed by atoms with van der Waals surface area (Å²) in [6.45, 7) is 3.14. The van der Waals surface area contributed by atoms with Crippen LogP contribution in [0.15, 0.2) is 36.9 Å². The maximum atomic E-state index is 13.2. The van der Waals surface area contributed by atoms with E-state index in [9.17, 15) is 22.8 Å². The van der Waals surface area contributed by atoms with Crippen LogP contribution in [0.5, 0.6) is 0 Å². The van der Waals surface area contributed by atoms with Crippen LogP contribution in [0.2, 0.25) is 0 Å². The zero-order valence-corrected chi connectivity index (χ0v) is 19.9. The van der Waals surface area contributed by atoms with Crippen molar-refractivity contribution in [3.8, 4) is 11.3 Å². The van der Waals surface area contributed by atoms with Crippen LogP contribution in [0, 0.1) is 0 Å². The third-order valence-corrected chi connectivity index (χ3v) is 6.22. The van der Waals surface area contributed by atoms with Gasteiger partial charge in [-0.3, -0.25) is 9.59 Å². The molecule has 1 saturated heterocycles. The lowest BCUT2D eigenvalue weighted by atomic mass is 10.1. The Morgan fingerprint density at radius 3 is 2.62 bits per heavy atom. The Hall–Kier alpha value is -4.07. The van der Waals surface area contributed by atoms with Crippen molar-refractivity contribution >= 4 is 23.5 Å². The number of fused-ring (bicyclic) bond motifs is 1. The number of imidazole rings is 1. The summed E-state index contributed by atoms with van der Waals surface area (Å²) in [6, 6.07) is 3.89. The van der Waals surface area contributed by atoms with Crippen LogP contribution in [0.25, 0.3) is 11.3 Å².